The van der Waals surface area contributed by atoms with E-state index in [0.717, 1.165) is 5.56 Å². The maximum atomic E-state index is 12.2. The Morgan fingerprint density at radius 3 is 2.63 bits per heavy atom. The molecule has 0 spiro atoms. The number of benzene rings is 1. The van der Waals surface area contributed by atoms with Gasteiger partial charge in [0.25, 0.3) is 11.3 Å². The molecule has 0 aliphatic carbocycles. The highest BCUT2D eigenvalue weighted by Crippen LogP contribution is 2.24. The highest BCUT2D eigenvalue weighted by atomic mass is 32.2. The SMILES string of the molecule is CC(CCSc1nnc(-c2ccccc2)o1)=C(F)F. The average Bonchev–Trinajstić information content (AvgIpc) is 2.88. The third-order valence-corrected chi connectivity index (χ3v) is 3.27. The summed E-state index contributed by atoms with van der Waals surface area (Å²) in [6, 6.07) is 9.39. The van der Waals surface area contributed by atoms with Gasteiger partial charge in [0.15, 0.2) is 0 Å². The van der Waals surface area contributed by atoms with Gasteiger partial charge in [0.2, 0.25) is 5.89 Å². The van der Waals surface area contributed by atoms with Crippen LogP contribution in [-0.2, 0) is 0 Å². The number of aromatic nitrogens is 2. The molecule has 0 fully saturated rings. The van der Waals surface area contributed by atoms with Crippen molar-refractivity contribution in [2.75, 3.05) is 5.75 Å². The first-order chi connectivity index (χ1) is 9.16. The quantitative estimate of drug-likeness (QED) is 0.762. The number of hydrogen-bond acceptors (Lipinski definition) is 4. The van der Waals surface area contributed by atoms with E-state index in [0.29, 0.717) is 23.3 Å². The van der Waals surface area contributed by atoms with Gasteiger partial charge in [0, 0.05) is 11.3 Å². The van der Waals surface area contributed by atoms with Gasteiger partial charge in [-0.2, -0.15) is 8.78 Å². The predicted octanol–water partition coefficient (Wildman–Crippen LogP) is 4.39. The number of rotatable bonds is 5. The van der Waals surface area contributed by atoms with Gasteiger partial charge >= 0.3 is 0 Å². The van der Waals surface area contributed by atoms with Crippen LogP contribution in [0.2, 0.25) is 0 Å². The number of halogens is 2. The fourth-order valence-corrected chi connectivity index (χ4v) is 2.17. The normalized spacial score (nSPS) is 10.5. The van der Waals surface area contributed by atoms with Crippen molar-refractivity contribution in [3.05, 3.63) is 42.0 Å². The van der Waals surface area contributed by atoms with Crippen LogP contribution in [0.1, 0.15) is 13.3 Å². The molecular formula is C13H12F2N2OS. The minimum Gasteiger partial charge on any atom is -0.411 e. The van der Waals surface area contributed by atoms with Gasteiger partial charge in [-0.1, -0.05) is 30.0 Å². The molecule has 1 aromatic heterocycles. The molecule has 6 heteroatoms. The summed E-state index contributed by atoms with van der Waals surface area (Å²) in [5, 5.41) is 8.19. The molecule has 0 saturated heterocycles. The lowest BCUT2D eigenvalue weighted by molar-refractivity contribution is 0.409. The lowest BCUT2D eigenvalue weighted by atomic mass is 10.2. The minimum atomic E-state index is -1.61. The molecule has 3 nitrogen and oxygen atoms in total. The van der Waals surface area contributed by atoms with Gasteiger partial charge in [0.1, 0.15) is 0 Å². The summed E-state index contributed by atoms with van der Waals surface area (Å²) in [7, 11) is 0. The highest BCUT2D eigenvalue weighted by molar-refractivity contribution is 7.99. The van der Waals surface area contributed by atoms with Gasteiger partial charge in [-0.05, 0) is 31.1 Å². The average molecular weight is 282 g/mol. The van der Waals surface area contributed by atoms with Crippen LogP contribution >= 0.6 is 11.8 Å². The van der Waals surface area contributed by atoms with Crippen molar-refractivity contribution in [1.29, 1.82) is 0 Å². The molecule has 0 unspecified atom stereocenters. The van der Waals surface area contributed by atoms with Gasteiger partial charge in [0.05, 0.1) is 0 Å². The van der Waals surface area contributed by atoms with E-state index < -0.39 is 6.08 Å². The fraction of sp³-hybridized carbons (Fsp3) is 0.231. The summed E-state index contributed by atoms with van der Waals surface area (Å²) in [5.41, 5.74) is 0.933. The van der Waals surface area contributed by atoms with Crippen LogP contribution < -0.4 is 0 Å². The molecule has 0 aliphatic rings. The van der Waals surface area contributed by atoms with E-state index in [2.05, 4.69) is 10.2 Å². The zero-order valence-electron chi connectivity index (χ0n) is 10.3. The van der Waals surface area contributed by atoms with Crippen LogP contribution in [0.4, 0.5) is 8.78 Å². The lowest BCUT2D eigenvalue weighted by Gasteiger charge is -1.97. The van der Waals surface area contributed by atoms with E-state index in [4.69, 9.17) is 4.42 Å². The van der Waals surface area contributed by atoms with Crippen molar-refractivity contribution >= 4 is 11.8 Å². The van der Waals surface area contributed by atoms with E-state index in [-0.39, 0.29) is 5.57 Å². The van der Waals surface area contributed by atoms with Gasteiger partial charge in [-0.25, -0.2) is 0 Å². The second-order valence-electron chi connectivity index (χ2n) is 3.88. The van der Waals surface area contributed by atoms with Crippen molar-refractivity contribution in [2.45, 2.75) is 18.6 Å². The van der Waals surface area contributed by atoms with Crippen molar-refractivity contribution in [3.63, 3.8) is 0 Å². The maximum Gasteiger partial charge on any atom is 0.276 e. The molecule has 0 amide bonds. The Bertz CT molecular complexity index is 565. The third kappa shape index (κ3) is 3.89. The molecule has 100 valence electrons. The van der Waals surface area contributed by atoms with E-state index in [1.807, 2.05) is 30.3 Å². The first-order valence-electron chi connectivity index (χ1n) is 5.69. The Morgan fingerprint density at radius 1 is 1.21 bits per heavy atom. The van der Waals surface area contributed by atoms with Crippen molar-refractivity contribution in [3.8, 4) is 11.5 Å². The van der Waals surface area contributed by atoms with Gasteiger partial charge < -0.3 is 4.42 Å². The third-order valence-electron chi connectivity index (χ3n) is 2.45. The molecule has 2 rings (SSSR count). The summed E-state index contributed by atoms with van der Waals surface area (Å²) in [6.45, 7) is 1.42. The Balaban J connectivity index is 1.94. The van der Waals surface area contributed by atoms with E-state index in [1.165, 1.54) is 18.7 Å². The van der Waals surface area contributed by atoms with Gasteiger partial charge in [-0.15, -0.1) is 10.2 Å². The molecule has 0 saturated carbocycles. The van der Waals surface area contributed by atoms with Crippen LogP contribution in [-0.4, -0.2) is 16.0 Å². The lowest BCUT2D eigenvalue weighted by Crippen LogP contribution is -1.84. The number of hydrogen-bond donors (Lipinski definition) is 0. The van der Waals surface area contributed by atoms with Crippen molar-refractivity contribution < 1.29 is 13.2 Å². The summed E-state index contributed by atoms with van der Waals surface area (Å²) in [6.07, 6.45) is -1.31. The Hall–Kier alpha value is -1.69. The zero-order valence-corrected chi connectivity index (χ0v) is 11.1. The van der Waals surface area contributed by atoms with Crippen LogP contribution in [0.5, 0.6) is 0 Å². The molecule has 19 heavy (non-hydrogen) atoms. The molecule has 1 heterocycles. The second-order valence-corrected chi connectivity index (χ2v) is 4.92. The fourth-order valence-electron chi connectivity index (χ4n) is 1.35. The zero-order chi connectivity index (χ0) is 13.7. The summed E-state index contributed by atoms with van der Waals surface area (Å²) in [5.74, 6) is 0.923. The van der Waals surface area contributed by atoms with E-state index >= 15 is 0 Å². The Labute approximate surface area is 113 Å². The van der Waals surface area contributed by atoms with E-state index in [1.54, 1.807) is 0 Å². The maximum absolute atomic E-state index is 12.2. The largest absolute Gasteiger partial charge is 0.411 e. The van der Waals surface area contributed by atoms with Crippen LogP contribution in [0.15, 0.2) is 51.6 Å². The Kier molecular flexibility index (Phi) is 4.68. The standard InChI is InChI=1S/C13H12F2N2OS/c1-9(11(14)15)7-8-19-13-17-16-12(18-13)10-5-3-2-4-6-10/h2-6H,7-8H2,1H3. The predicted molar refractivity (Wildman–Crippen MR) is 70.0 cm³/mol. The molecule has 0 N–H and O–H groups in total. The first kappa shape index (κ1) is 13.7. The summed E-state index contributed by atoms with van der Waals surface area (Å²) >= 11 is 1.27. The number of thioether (sulfide) groups is 1. The van der Waals surface area contributed by atoms with E-state index in [9.17, 15) is 8.78 Å². The number of nitrogens with zero attached hydrogens (tertiary/aromatic N) is 2. The monoisotopic (exact) mass is 282 g/mol. The topological polar surface area (TPSA) is 38.9 Å². The molecule has 1 aromatic carbocycles. The molecule has 0 atom stereocenters. The van der Waals surface area contributed by atoms with Crippen LogP contribution in [0.3, 0.4) is 0 Å². The molecule has 0 aliphatic heterocycles. The molecule has 0 bridgehead atoms. The van der Waals surface area contributed by atoms with Gasteiger partial charge in [-0.3, -0.25) is 0 Å². The summed E-state index contributed by atoms with van der Waals surface area (Å²) < 4.78 is 29.8. The second kappa shape index (κ2) is 6.47. The van der Waals surface area contributed by atoms with Crippen LogP contribution in [0.25, 0.3) is 11.5 Å². The number of allylic oxidation sites excluding steroid dienone is 1. The first-order valence-corrected chi connectivity index (χ1v) is 6.68. The van der Waals surface area contributed by atoms with Crippen molar-refractivity contribution in [1.82, 2.24) is 10.2 Å². The molecule has 2 aromatic rings. The Morgan fingerprint density at radius 2 is 1.95 bits per heavy atom. The molecular weight excluding hydrogens is 270 g/mol. The van der Waals surface area contributed by atoms with Crippen molar-refractivity contribution in [2.24, 2.45) is 0 Å². The smallest absolute Gasteiger partial charge is 0.276 e. The minimum absolute atomic E-state index is 0.0929. The van der Waals surface area contributed by atoms with Crippen LogP contribution in [0, 0.1) is 0 Å². The molecule has 0 radical (unpaired) electrons. The summed E-state index contributed by atoms with van der Waals surface area (Å²) in [4.78, 5) is 0. The highest BCUT2D eigenvalue weighted by Gasteiger charge is 2.09.